The summed E-state index contributed by atoms with van der Waals surface area (Å²) in [6, 6.07) is 2.16. The first kappa shape index (κ1) is 18.1. The lowest BCUT2D eigenvalue weighted by molar-refractivity contribution is 0.140. The molecule has 2 nitrogen and oxygen atoms in total. The van der Waals surface area contributed by atoms with Crippen LogP contribution < -0.4 is 0 Å². The van der Waals surface area contributed by atoms with Crippen LogP contribution in [-0.4, -0.2) is 21.8 Å². The fourth-order valence-corrected chi connectivity index (χ4v) is 4.56. The van der Waals surface area contributed by atoms with Crippen molar-refractivity contribution >= 4 is 8.56 Å². The zero-order valence-electron chi connectivity index (χ0n) is 13.3. The quantitative estimate of drug-likeness (QED) is 0.363. The first-order chi connectivity index (χ1) is 8.67. The molecular formula is C15H34O2Si. The first-order valence-corrected chi connectivity index (χ1v) is 10.2. The van der Waals surface area contributed by atoms with Gasteiger partial charge in [-0.3, -0.25) is 0 Å². The molecule has 0 aromatic rings. The maximum absolute atomic E-state index is 6.27. The summed E-state index contributed by atoms with van der Waals surface area (Å²) in [4.78, 5) is 0. The lowest BCUT2D eigenvalue weighted by Gasteiger charge is -2.30. The Morgan fingerprint density at radius 1 is 0.833 bits per heavy atom. The smallest absolute Gasteiger partial charge is 0.337 e. The van der Waals surface area contributed by atoms with Crippen LogP contribution in [0.15, 0.2) is 0 Å². The van der Waals surface area contributed by atoms with Gasteiger partial charge in [-0.15, -0.1) is 0 Å². The average Bonchev–Trinajstić information content (AvgIpc) is 2.42. The molecule has 0 saturated carbocycles. The Morgan fingerprint density at radius 3 is 1.89 bits per heavy atom. The molecule has 0 spiro atoms. The van der Waals surface area contributed by atoms with Crippen LogP contribution in [0.5, 0.6) is 0 Å². The maximum atomic E-state index is 6.27. The zero-order valence-corrected chi connectivity index (χ0v) is 14.3. The Bertz CT molecular complexity index is 177. The van der Waals surface area contributed by atoms with E-state index in [-0.39, 0.29) is 0 Å². The third-order valence-electron chi connectivity index (χ3n) is 3.93. The number of hydrogen-bond acceptors (Lipinski definition) is 2. The Balaban J connectivity index is 4.15. The van der Waals surface area contributed by atoms with Crippen LogP contribution in [0.25, 0.3) is 0 Å². The van der Waals surface area contributed by atoms with Crippen LogP contribution in [-0.2, 0) is 8.85 Å². The second kappa shape index (κ2) is 11.0. The molecule has 0 saturated heterocycles. The van der Waals surface area contributed by atoms with Gasteiger partial charge in [-0.2, -0.15) is 0 Å². The van der Waals surface area contributed by atoms with Gasteiger partial charge >= 0.3 is 8.56 Å². The van der Waals surface area contributed by atoms with E-state index in [0.717, 1.165) is 25.3 Å². The molecule has 18 heavy (non-hydrogen) atoms. The molecule has 0 aliphatic carbocycles. The normalized spacial score (nSPS) is 12.3. The summed E-state index contributed by atoms with van der Waals surface area (Å²) in [6.07, 6.45) is 6.13. The minimum absolute atomic E-state index is 0.703. The van der Waals surface area contributed by atoms with Gasteiger partial charge in [0.05, 0.1) is 0 Å². The molecular weight excluding hydrogens is 240 g/mol. The van der Waals surface area contributed by atoms with Crippen LogP contribution in [0.2, 0.25) is 12.1 Å². The lowest BCUT2D eigenvalue weighted by Crippen LogP contribution is -2.42. The molecule has 0 unspecified atom stereocenters. The summed E-state index contributed by atoms with van der Waals surface area (Å²) in [6.45, 7) is 13.0. The molecule has 0 aromatic carbocycles. The van der Waals surface area contributed by atoms with Gasteiger partial charge in [0.1, 0.15) is 0 Å². The molecule has 110 valence electrons. The van der Waals surface area contributed by atoms with Crippen molar-refractivity contribution in [3.8, 4) is 0 Å². The third-order valence-corrected chi connectivity index (χ3v) is 7.50. The molecule has 0 fully saturated rings. The molecule has 0 N–H and O–H groups in total. The van der Waals surface area contributed by atoms with E-state index in [4.69, 9.17) is 8.85 Å². The summed E-state index contributed by atoms with van der Waals surface area (Å²) >= 11 is 0. The Labute approximate surface area is 116 Å². The van der Waals surface area contributed by atoms with E-state index < -0.39 is 8.56 Å². The Hall–Kier alpha value is 0.137. The standard InChI is InChI=1S/C15H34O2Si/c1-6-11-12-13-16-18(9-4,10-5)17-14-15(7-2)8-3/h15H,6-14H2,1-5H3. The largest absolute Gasteiger partial charge is 0.394 e. The molecule has 0 aliphatic heterocycles. The van der Waals surface area contributed by atoms with Gasteiger partial charge in [-0.1, -0.05) is 60.3 Å². The SMILES string of the molecule is CCCCCO[Si](CC)(CC)OCC(CC)CC. The second-order valence-electron chi connectivity index (χ2n) is 5.17. The van der Waals surface area contributed by atoms with Crippen LogP contribution in [0.3, 0.4) is 0 Å². The Morgan fingerprint density at radius 2 is 1.44 bits per heavy atom. The molecule has 0 aromatic heterocycles. The van der Waals surface area contributed by atoms with Crippen molar-refractivity contribution in [2.45, 2.75) is 78.8 Å². The van der Waals surface area contributed by atoms with Crippen molar-refractivity contribution in [2.75, 3.05) is 13.2 Å². The van der Waals surface area contributed by atoms with Crippen molar-refractivity contribution in [1.82, 2.24) is 0 Å². The van der Waals surface area contributed by atoms with Crippen molar-refractivity contribution in [3.05, 3.63) is 0 Å². The van der Waals surface area contributed by atoms with Gasteiger partial charge in [0.2, 0.25) is 0 Å². The van der Waals surface area contributed by atoms with E-state index in [1.54, 1.807) is 0 Å². The fraction of sp³-hybridized carbons (Fsp3) is 1.00. The van der Waals surface area contributed by atoms with Crippen LogP contribution >= 0.6 is 0 Å². The minimum Gasteiger partial charge on any atom is -0.394 e. The van der Waals surface area contributed by atoms with E-state index in [0.29, 0.717) is 5.92 Å². The Kier molecular flexibility index (Phi) is 11.1. The highest BCUT2D eigenvalue weighted by Crippen LogP contribution is 2.21. The minimum atomic E-state index is -1.89. The van der Waals surface area contributed by atoms with Gasteiger partial charge in [0.25, 0.3) is 0 Å². The van der Waals surface area contributed by atoms with Crippen molar-refractivity contribution in [3.63, 3.8) is 0 Å². The highest BCUT2D eigenvalue weighted by molar-refractivity contribution is 6.67. The molecule has 0 radical (unpaired) electrons. The summed E-state index contributed by atoms with van der Waals surface area (Å²) in [5.74, 6) is 0.703. The molecule has 0 bridgehead atoms. The number of unbranched alkanes of at least 4 members (excludes halogenated alkanes) is 2. The second-order valence-corrected chi connectivity index (χ2v) is 8.98. The van der Waals surface area contributed by atoms with E-state index in [9.17, 15) is 0 Å². The predicted molar refractivity (Wildman–Crippen MR) is 82.2 cm³/mol. The van der Waals surface area contributed by atoms with Gasteiger partial charge < -0.3 is 8.85 Å². The molecule has 0 heterocycles. The summed E-state index contributed by atoms with van der Waals surface area (Å²) < 4.78 is 12.5. The maximum Gasteiger partial charge on any atom is 0.337 e. The first-order valence-electron chi connectivity index (χ1n) is 7.95. The molecule has 0 amide bonds. The van der Waals surface area contributed by atoms with Crippen molar-refractivity contribution in [1.29, 1.82) is 0 Å². The fourth-order valence-electron chi connectivity index (χ4n) is 2.10. The van der Waals surface area contributed by atoms with Gasteiger partial charge in [0, 0.05) is 13.2 Å². The van der Waals surface area contributed by atoms with E-state index in [2.05, 4.69) is 34.6 Å². The van der Waals surface area contributed by atoms with Gasteiger partial charge in [-0.05, 0) is 24.4 Å². The van der Waals surface area contributed by atoms with E-state index in [1.807, 2.05) is 0 Å². The van der Waals surface area contributed by atoms with Gasteiger partial charge in [-0.25, -0.2) is 0 Å². The monoisotopic (exact) mass is 274 g/mol. The van der Waals surface area contributed by atoms with E-state index >= 15 is 0 Å². The predicted octanol–water partition coefficient (Wildman–Crippen LogP) is 5.13. The summed E-state index contributed by atoms with van der Waals surface area (Å²) in [5, 5.41) is 0. The molecule has 0 atom stereocenters. The highest BCUT2D eigenvalue weighted by Gasteiger charge is 2.33. The zero-order chi connectivity index (χ0) is 13.9. The third kappa shape index (κ3) is 6.91. The molecule has 0 aliphatic rings. The van der Waals surface area contributed by atoms with Crippen LogP contribution in [0.1, 0.15) is 66.7 Å². The van der Waals surface area contributed by atoms with Gasteiger partial charge in [0.15, 0.2) is 0 Å². The number of hydrogen-bond donors (Lipinski definition) is 0. The van der Waals surface area contributed by atoms with E-state index in [1.165, 1.54) is 32.1 Å². The van der Waals surface area contributed by atoms with Crippen molar-refractivity contribution < 1.29 is 8.85 Å². The number of rotatable bonds is 12. The average molecular weight is 275 g/mol. The molecule has 3 heteroatoms. The molecule has 0 rings (SSSR count). The summed E-state index contributed by atoms with van der Waals surface area (Å²) in [5.41, 5.74) is 0. The van der Waals surface area contributed by atoms with Crippen LogP contribution in [0.4, 0.5) is 0 Å². The lowest BCUT2D eigenvalue weighted by atomic mass is 10.1. The van der Waals surface area contributed by atoms with Crippen LogP contribution in [0, 0.1) is 5.92 Å². The van der Waals surface area contributed by atoms with Crippen molar-refractivity contribution in [2.24, 2.45) is 5.92 Å². The highest BCUT2D eigenvalue weighted by atomic mass is 28.4. The topological polar surface area (TPSA) is 18.5 Å². The summed E-state index contributed by atoms with van der Waals surface area (Å²) in [7, 11) is -1.89.